The highest BCUT2D eigenvalue weighted by molar-refractivity contribution is 5.98. The van der Waals surface area contributed by atoms with Gasteiger partial charge in [-0.05, 0) is 72.4 Å². The van der Waals surface area contributed by atoms with Gasteiger partial charge in [-0.15, -0.1) is 0 Å². The molecule has 2 amide bonds. The van der Waals surface area contributed by atoms with Crippen molar-refractivity contribution >= 4 is 29.3 Å². The van der Waals surface area contributed by atoms with Crippen molar-refractivity contribution in [3.8, 4) is 5.75 Å². The molecule has 1 heterocycles. The van der Waals surface area contributed by atoms with Crippen molar-refractivity contribution in [2.24, 2.45) is 0 Å². The lowest BCUT2D eigenvalue weighted by molar-refractivity contribution is -0.384. The maximum atomic E-state index is 12.7. The van der Waals surface area contributed by atoms with E-state index in [1.54, 1.807) is 19.2 Å². The monoisotopic (exact) mass is 568 g/mol. The second kappa shape index (κ2) is 12.5. The first kappa shape index (κ1) is 29.1. The van der Waals surface area contributed by atoms with Crippen molar-refractivity contribution < 1.29 is 32.4 Å². The third-order valence-electron chi connectivity index (χ3n) is 6.81. The molecule has 0 radical (unpaired) electrons. The van der Waals surface area contributed by atoms with Crippen LogP contribution < -0.4 is 20.5 Å². The SMILES string of the molecule is COc1ccccc1C1CCN(c2ccc(/C=C/C(=O)NNC(=O)c3ccc(C(F)(F)F)cc3)cc2[N+](=O)[O-])CC1. The summed E-state index contributed by atoms with van der Waals surface area (Å²) in [7, 11) is 1.64. The average Bonchev–Trinajstić information content (AvgIpc) is 2.98. The van der Waals surface area contributed by atoms with Gasteiger partial charge in [-0.2, -0.15) is 13.2 Å². The zero-order chi connectivity index (χ0) is 29.6. The van der Waals surface area contributed by atoms with Crippen molar-refractivity contribution in [2.45, 2.75) is 24.9 Å². The molecule has 0 aromatic heterocycles. The number of amides is 2. The van der Waals surface area contributed by atoms with Crippen LogP contribution in [0.3, 0.4) is 0 Å². The number of piperidine rings is 1. The van der Waals surface area contributed by atoms with Gasteiger partial charge >= 0.3 is 6.18 Å². The Morgan fingerprint density at radius 3 is 2.34 bits per heavy atom. The molecule has 1 saturated heterocycles. The fraction of sp³-hybridized carbons (Fsp3) is 0.241. The zero-order valence-corrected chi connectivity index (χ0v) is 22.0. The van der Waals surface area contributed by atoms with Crippen molar-refractivity contribution in [3.05, 3.63) is 105 Å². The minimum Gasteiger partial charge on any atom is -0.496 e. The first-order valence-corrected chi connectivity index (χ1v) is 12.7. The molecule has 1 aliphatic rings. The maximum absolute atomic E-state index is 12.7. The standard InChI is InChI=1S/C29H27F3N4O5/c1-41-26-5-3-2-4-23(26)20-14-16-35(17-15-20)24-12-6-19(18-25(24)36(39)40)7-13-27(37)33-34-28(38)21-8-10-22(11-9-21)29(30,31)32/h2-13,18,20H,14-17H2,1H3,(H,33,37)(H,34,38)/b13-7+. The highest BCUT2D eigenvalue weighted by Crippen LogP contribution is 2.38. The van der Waals surface area contributed by atoms with Crippen LogP contribution in [0.5, 0.6) is 5.75 Å². The van der Waals surface area contributed by atoms with Gasteiger partial charge in [0.15, 0.2) is 0 Å². The van der Waals surface area contributed by atoms with Crippen LogP contribution >= 0.6 is 0 Å². The van der Waals surface area contributed by atoms with Gasteiger partial charge in [-0.3, -0.25) is 30.6 Å². The number of halogens is 3. The lowest BCUT2D eigenvalue weighted by Gasteiger charge is -2.34. The fourth-order valence-corrected chi connectivity index (χ4v) is 4.71. The van der Waals surface area contributed by atoms with E-state index in [1.807, 2.05) is 29.2 Å². The number of ether oxygens (including phenoxy) is 1. The molecule has 0 aliphatic carbocycles. The molecule has 3 aromatic carbocycles. The number of benzene rings is 3. The number of carbonyl (C=O) groups excluding carboxylic acids is 2. The Morgan fingerprint density at radius 1 is 1.02 bits per heavy atom. The molecular weight excluding hydrogens is 541 g/mol. The Morgan fingerprint density at radius 2 is 1.71 bits per heavy atom. The van der Waals surface area contributed by atoms with Crippen molar-refractivity contribution in [2.75, 3.05) is 25.1 Å². The Hall–Kier alpha value is -4.87. The van der Waals surface area contributed by atoms with Gasteiger partial charge in [0.05, 0.1) is 17.6 Å². The second-order valence-corrected chi connectivity index (χ2v) is 9.36. The molecule has 0 spiro atoms. The van der Waals surface area contributed by atoms with Crippen molar-refractivity contribution in [3.63, 3.8) is 0 Å². The number of anilines is 1. The Bertz CT molecular complexity index is 1450. The summed E-state index contributed by atoms with van der Waals surface area (Å²) in [6.07, 6.45) is -0.501. The lowest BCUT2D eigenvalue weighted by Crippen LogP contribution is -2.40. The van der Waals surface area contributed by atoms with E-state index in [1.165, 1.54) is 12.1 Å². The van der Waals surface area contributed by atoms with Gasteiger partial charge < -0.3 is 9.64 Å². The number of alkyl halides is 3. The highest BCUT2D eigenvalue weighted by atomic mass is 19.4. The van der Waals surface area contributed by atoms with Crippen LogP contribution in [-0.4, -0.2) is 36.9 Å². The predicted molar refractivity (Wildman–Crippen MR) is 146 cm³/mol. The van der Waals surface area contributed by atoms with Gasteiger partial charge in [0.1, 0.15) is 11.4 Å². The van der Waals surface area contributed by atoms with E-state index in [2.05, 4.69) is 10.9 Å². The number of rotatable bonds is 7. The predicted octanol–water partition coefficient (Wildman–Crippen LogP) is 5.48. The number of para-hydroxylation sites is 1. The van der Waals surface area contributed by atoms with Crippen LogP contribution in [-0.2, 0) is 11.0 Å². The van der Waals surface area contributed by atoms with E-state index in [0.29, 0.717) is 24.3 Å². The van der Waals surface area contributed by atoms with Crippen LogP contribution in [0.15, 0.2) is 72.8 Å². The van der Waals surface area contributed by atoms with Crippen molar-refractivity contribution in [1.29, 1.82) is 0 Å². The summed E-state index contributed by atoms with van der Waals surface area (Å²) >= 11 is 0. The molecular formula is C29H27F3N4O5. The molecule has 0 bridgehead atoms. The number of carbonyl (C=O) groups is 2. The normalized spacial score (nSPS) is 14.1. The molecule has 12 heteroatoms. The lowest BCUT2D eigenvalue weighted by atomic mass is 9.88. The maximum Gasteiger partial charge on any atom is 0.416 e. The number of hydrogen-bond acceptors (Lipinski definition) is 6. The fourth-order valence-electron chi connectivity index (χ4n) is 4.71. The van der Waals surface area contributed by atoms with Crippen LogP contribution in [0.4, 0.5) is 24.5 Å². The van der Waals surface area contributed by atoms with E-state index in [0.717, 1.165) is 54.5 Å². The Labute approximate surface area is 233 Å². The summed E-state index contributed by atoms with van der Waals surface area (Å²) in [6, 6.07) is 16.0. The summed E-state index contributed by atoms with van der Waals surface area (Å²) in [5.74, 6) is -0.441. The van der Waals surface area contributed by atoms with Gasteiger partial charge in [-0.1, -0.05) is 24.3 Å². The molecule has 3 aromatic rings. The van der Waals surface area contributed by atoms with Crippen LogP contribution in [0.2, 0.25) is 0 Å². The molecule has 1 aliphatic heterocycles. The third kappa shape index (κ3) is 7.21. The number of hydrazine groups is 1. The van der Waals surface area contributed by atoms with Crippen molar-refractivity contribution in [1.82, 2.24) is 10.9 Å². The summed E-state index contributed by atoms with van der Waals surface area (Å²) < 4.78 is 43.5. The Kier molecular flexibility index (Phi) is 8.91. The van der Waals surface area contributed by atoms with E-state index >= 15 is 0 Å². The van der Waals surface area contributed by atoms with Gasteiger partial charge in [0, 0.05) is 30.8 Å². The van der Waals surface area contributed by atoms with Gasteiger partial charge in [-0.25, -0.2) is 0 Å². The minimum atomic E-state index is -4.53. The summed E-state index contributed by atoms with van der Waals surface area (Å²) in [5, 5.41) is 11.9. The second-order valence-electron chi connectivity index (χ2n) is 9.36. The summed E-state index contributed by atoms with van der Waals surface area (Å²) in [6.45, 7) is 1.25. The molecule has 9 nitrogen and oxygen atoms in total. The smallest absolute Gasteiger partial charge is 0.416 e. The molecule has 2 N–H and O–H groups in total. The molecule has 214 valence electrons. The zero-order valence-electron chi connectivity index (χ0n) is 22.0. The number of nitrogens with one attached hydrogen (secondary N) is 2. The quantitative estimate of drug-likeness (QED) is 0.222. The first-order chi connectivity index (χ1) is 19.6. The molecule has 1 fully saturated rings. The largest absolute Gasteiger partial charge is 0.496 e. The molecule has 0 atom stereocenters. The van der Waals surface area contributed by atoms with Crippen LogP contribution in [0, 0.1) is 10.1 Å². The van der Waals surface area contributed by atoms with E-state index in [-0.39, 0.29) is 17.2 Å². The summed E-state index contributed by atoms with van der Waals surface area (Å²) in [4.78, 5) is 37.6. The first-order valence-electron chi connectivity index (χ1n) is 12.7. The summed E-state index contributed by atoms with van der Waals surface area (Å²) in [5.41, 5.74) is 5.15. The number of nitrogens with zero attached hydrogens (tertiary/aromatic N) is 2. The highest BCUT2D eigenvalue weighted by Gasteiger charge is 2.30. The average molecular weight is 569 g/mol. The number of methoxy groups -OCH3 is 1. The topological polar surface area (TPSA) is 114 Å². The van der Waals surface area contributed by atoms with Crippen LogP contribution in [0.25, 0.3) is 6.08 Å². The number of nitro benzene ring substituents is 1. The van der Waals surface area contributed by atoms with E-state index < -0.39 is 28.5 Å². The van der Waals surface area contributed by atoms with E-state index in [4.69, 9.17) is 4.74 Å². The molecule has 0 saturated carbocycles. The molecule has 41 heavy (non-hydrogen) atoms. The minimum absolute atomic E-state index is 0.0829. The van der Waals surface area contributed by atoms with Crippen LogP contribution in [0.1, 0.15) is 45.8 Å². The van der Waals surface area contributed by atoms with Gasteiger partial charge in [0.25, 0.3) is 17.5 Å². The molecule has 4 rings (SSSR count). The Balaban J connectivity index is 1.36. The molecule has 0 unspecified atom stereocenters. The number of hydrogen-bond donors (Lipinski definition) is 2. The van der Waals surface area contributed by atoms with Gasteiger partial charge in [0.2, 0.25) is 0 Å². The third-order valence-corrected chi connectivity index (χ3v) is 6.81. The number of nitro groups is 1. The van der Waals surface area contributed by atoms with E-state index in [9.17, 15) is 32.9 Å².